The number of benzene rings is 1. The van der Waals surface area contributed by atoms with Crippen LogP contribution in [0.5, 0.6) is 0 Å². The van der Waals surface area contributed by atoms with Gasteiger partial charge in [0.2, 0.25) is 5.91 Å². The van der Waals surface area contributed by atoms with Crippen molar-refractivity contribution in [1.82, 2.24) is 14.5 Å². The predicted molar refractivity (Wildman–Crippen MR) is 107 cm³/mol. The number of imidazole rings is 1. The first kappa shape index (κ1) is 18.9. The molecule has 1 aliphatic carbocycles. The number of carbonyl (C=O) groups is 1. The molecule has 0 unspecified atom stereocenters. The van der Waals surface area contributed by atoms with Crippen LogP contribution >= 0.6 is 0 Å². The summed E-state index contributed by atoms with van der Waals surface area (Å²) in [5, 5.41) is 0. The molecule has 4 nitrogen and oxygen atoms in total. The third kappa shape index (κ3) is 3.79. The zero-order valence-electron chi connectivity index (χ0n) is 17.0. The molecule has 1 fully saturated rings. The third-order valence-electron chi connectivity index (χ3n) is 6.11. The molecule has 1 aliphatic rings. The zero-order valence-corrected chi connectivity index (χ0v) is 17.0. The van der Waals surface area contributed by atoms with Crippen molar-refractivity contribution >= 4 is 16.9 Å². The Balaban J connectivity index is 1.67. The molecule has 0 radical (unpaired) electrons. The molecule has 0 saturated heterocycles. The Morgan fingerprint density at radius 1 is 1.19 bits per heavy atom. The minimum atomic E-state index is 0.179. The van der Waals surface area contributed by atoms with Gasteiger partial charge in [-0.1, -0.05) is 32.9 Å². The molecule has 0 bridgehead atoms. The molecule has 142 valence electrons. The zero-order chi connectivity index (χ0) is 18.9. The van der Waals surface area contributed by atoms with Crippen LogP contribution in [0, 0.1) is 17.3 Å². The van der Waals surface area contributed by atoms with E-state index in [2.05, 4.69) is 38.3 Å². The molecular formula is C22H33N3O. The molecular weight excluding hydrogens is 322 g/mol. The molecule has 0 N–H and O–H groups in total. The van der Waals surface area contributed by atoms with E-state index in [9.17, 15) is 4.79 Å². The highest BCUT2D eigenvalue weighted by Crippen LogP contribution is 2.40. The van der Waals surface area contributed by atoms with Crippen LogP contribution < -0.4 is 0 Å². The van der Waals surface area contributed by atoms with Crippen LogP contribution in [0.4, 0.5) is 0 Å². The third-order valence-corrected chi connectivity index (χ3v) is 6.11. The maximum absolute atomic E-state index is 13.0. The summed E-state index contributed by atoms with van der Waals surface area (Å²) >= 11 is 0. The van der Waals surface area contributed by atoms with Gasteiger partial charge in [-0.2, -0.15) is 0 Å². The first-order chi connectivity index (χ1) is 12.3. The van der Waals surface area contributed by atoms with E-state index in [1.54, 1.807) is 0 Å². The van der Waals surface area contributed by atoms with Crippen molar-refractivity contribution in [1.29, 1.82) is 0 Å². The highest BCUT2D eigenvalue weighted by atomic mass is 16.2. The molecule has 0 atom stereocenters. The standard InChI is InChI=1S/C22H33N3O/c1-6-25-19-10-8-7-9-18(19)23-20(25)15-24(5)21(26)16-11-13-17(14-12-16)22(2,3)4/h7-10,16-17H,6,11-15H2,1-5H3. The first-order valence-corrected chi connectivity index (χ1v) is 10.0. The Kier molecular flexibility index (Phi) is 5.40. The van der Waals surface area contributed by atoms with Gasteiger partial charge in [-0.25, -0.2) is 4.98 Å². The largest absolute Gasteiger partial charge is 0.338 e. The monoisotopic (exact) mass is 355 g/mol. The Morgan fingerprint density at radius 2 is 1.85 bits per heavy atom. The highest BCUT2D eigenvalue weighted by molar-refractivity contribution is 5.79. The van der Waals surface area contributed by atoms with E-state index in [4.69, 9.17) is 4.98 Å². The van der Waals surface area contributed by atoms with Crippen molar-refractivity contribution in [3.63, 3.8) is 0 Å². The Bertz CT molecular complexity index is 763. The second kappa shape index (κ2) is 7.42. The average molecular weight is 356 g/mol. The summed E-state index contributed by atoms with van der Waals surface area (Å²) in [6, 6.07) is 8.20. The van der Waals surface area contributed by atoms with Gasteiger partial charge in [-0.3, -0.25) is 4.79 Å². The molecule has 1 saturated carbocycles. The lowest BCUT2D eigenvalue weighted by Crippen LogP contribution is -2.36. The van der Waals surface area contributed by atoms with E-state index in [0.29, 0.717) is 12.0 Å². The van der Waals surface area contributed by atoms with Gasteiger partial charge in [-0.15, -0.1) is 0 Å². The van der Waals surface area contributed by atoms with E-state index >= 15 is 0 Å². The van der Waals surface area contributed by atoms with E-state index < -0.39 is 0 Å². The number of carbonyl (C=O) groups excluding carboxylic acids is 1. The minimum Gasteiger partial charge on any atom is -0.338 e. The second-order valence-corrected chi connectivity index (χ2v) is 8.87. The number of nitrogens with zero attached hydrogens (tertiary/aromatic N) is 3. The van der Waals surface area contributed by atoms with Crippen LogP contribution in [0.25, 0.3) is 11.0 Å². The summed E-state index contributed by atoms with van der Waals surface area (Å²) in [6.07, 6.45) is 4.38. The number of para-hydroxylation sites is 2. The van der Waals surface area contributed by atoms with Crippen LogP contribution in [0.15, 0.2) is 24.3 Å². The van der Waals surface area contributed by atoms with Gasteiger partial charge in [0.25, 0.3) is 0 Å². The summed E-state index contributed by atoms with van der Waals surface area (Å²) < 4.78 is 2.22. The molecule has 0 spiro atoms. The fourth-order valence-electron chi connectivity index (χ4n) is 4.41. The van der Waals surface area contributed by atoms with Gasteiger partial charge in [0.1, 0.15) is 5.82 Å². The lowest BCUT2D eigenvalue weighted by atomic mass is 9.69. The van der Waals surface area contributed by atoms with E-state index in [1.807, 2.05) is 30.1 Å². The number of hydrogen-bond acceptors (Lipinski definition) is 2. The summed E-state index contributed by atoms with van der Waals surface area (Å²) in [5.41, 5.74) is 2.51. The number of aryl methyl sites for hydroxylation is 1. The van der Waals surface area contributed by atoms with Gasteiger partial charge < -0.3 is 9.47 Å². The molecule has 1 aromatic heterocycles. The number of aromatic nitrogens is 2. The maximum Gasteiger partial charge on any atom is 0.225 e. The predicted octanol–water partition coefficient (Wildman–Crippen LogP) is 4.87. The molecule has 2 aromatic rings. The Hall–Kier alpha value is -1.84. The van der Waals surface area contributed by atoms with Crippen LogP contribution in [0.3, 0.4) is 0 Å². The number of amides is 1. The van der Waals surface area contributed by atoms with Gasteiger partial charge >= 0.3 is 0 Å². The van der Waals surface area contributed by atoms with Gasteiger partial charge in [0.05, 0.1) is 17.6 Å². The molecule has 1 aromatic carbocycles. The molecule has 26 heavy (non-hydrogen) atoms. The summed E-state index contributed by atoms with van der Waals surface area (Å²) in [7, 11) is 1.93. The quantitative estimate of drug-likeness (QED) is 0.785. The second-order valence-electron chi connectivity index (χ2n) is 8.87. The SMILES string of the molecule is CCn1c(CN(C)C(=O)C2CCC(C(C)(C)C)CC2)nc2ccccc21. The van der Waals surface area contributed by atoms with Crippen molar-refractivity contribution in [3.05, 3.63) is 30.1 Å². The highest BCUT2D eigenvalue weighted by Gasteiger charge is 2.33. The summed E-state index contributed by atoms with van der Waals surface area (Å²) in [6.45, 7) is 10.5. The molecule has 0 aliphatic heterocycles. The van der Waals surface area contributed by atoms with Crippen molar-refractivity contribution in [2.75, 3.05) is 7.05 Å². The van der Waals surface area contributed by atoms with Crippen LogP contribution in [0.2, 0.25) is 0 Å². The molecule has 4 heteroatoms. The van der Waals surface area contributed by atoms with Crippen LogP contribution in [-0.2, 0) is 17.9 Å². The number of rotatable bonds is 4. The molecule has 1 amide bonds. The molecule has 1 heterocycles. The van der Waals surface area contributed by atoms with E-state index in [1.165, 1.54) is 12.8 Å². The lowest BCUT2D eigenvalue weighted by Gasteiger charge is -2.37. The van der Waals surface area contributed by atoms with E-state index in [0.717, 1.165) is 42.2 Å². The Morgan fingerprint density at radius 3 is 2.46 bits per heavy atom. The average Bonchev–Trinajstić information content (AvgIpc) is 2.97. The van der Waals surface area contributed by atoms with Gasteiger partial charge in [-0.05, 0) is 56.1 Å². The smallest absolute Gasteiger partial charge is 0.225 e. The molecule has 3 rings (SSSR count). The van der Waals surface area contributed by atoms with Crippen LogP contribution in [0.1, 0.15) is 59.2 Å². The van der Waals surface area contributed by atoms with Crippen LogP contribution in [-0.4, -0.2) is 27.4 Å². The topological polar surface area (TPSA) is 38.1 Å². The lowest BCUT2D eigenvalue weighted by molar-refractivity contribution is -0.136. The fraction of sp³-hybridized carbons (Fsp3) is 0.636. The van der Waals surface area contributed by atoms with Crippen molar-refractivity contribution in [3.8, 4) is 0 Å². The Labute approximate surface area is 157 Å². The van der Waals surface area contributed by atoms with Crippen molar-refractivity contribution in [2.45, 2.75) is 66.5 Å². The summed E-state index contributed by atoms with van der Waals surface area (Å²) in [5.74, 6) is 2.18. The minimum absolute atomic E-state index is 0.179. The maximum atomic E-state index is 13.0. The fourth-order valence-corrected chi connectivity index (χ4v) is 4.41. The number of hydrogen-bond donors (Lipinski definition) is 0. The number of fused-ring (bicyclic) bond motifs is 1. The van der Waals surface area contributed by atoms with Gasteiger partial charge in [0, 0.05) is 19.5 Å². The first-order valence-electron chi connectivity index (χ1n) is 10.0. The van der Waals surface area contributed by atoms with Crippen molar-refractivity contribution in [2.24, 2.45) is 17.3 Å². The van der Waals surface area contributed by atoms with E-state index in [-0.39, 0.29) is 11.8 Å². The van der Waals surface area contributed by atoms with Crippen molar-refractivity contribution < 1.29 is 4.79 Å². The summed E-state index contributed by atoms with van der Waals surface area (Å²) in [4.78, 5) is 19.6. The van der Waals surface area contributed by atoms with Gasteiger partial charge in [0.15, 0.2) is 0 Å². The normalized spacial score (nSPS) is 21.1.